The smallest absolute Gasteiger partial charge is 0.294 e. The molecule has 0 unspecified atom stereocenters. The lowest BCUT2D eigenvalue weighted by Crippen LogP contribution is -2.49. The van der Waals surface area contributed by atoms with Gasteiger partial charge < -0.3 is 19.8 Å². The number of anilines is 1. The van der Waals surface area contributed by atoms with Crippen LogP contribution in [0.5, 0.6) is 11.5 Å². The Balaban J connectivity index is 1.56. The quantitative estimate of drug-likeness (QED) is 0.305. The van der Waals surface area contributed by atoms with Gasteiger partial charge in [0.2, 0.25) is 0 Å². The van der Waals surface area contributed by atoms with E-state index in [1.807, 2.05) is 6.92 Å². The van der Waals surface area contributed by atoms with E-state index in [0.29, 0.717) is 34.5 Å². The molecule has 0 spiro atoms. The number of carbonyl (C=O) groups excluding carboxylic acids is 1. The fraction of sp³-hybridized carbons (Fsp3) is 0.414. The molecule has 0 saturated carbocycles. The maximum absolute atomic E-state index is 13.2. The molecule has 2 heterocycles. The Morgan fingerprint density at radius 1 is 1.13 bits per heavy atom. The van der Waals surface area contributed by atoms with Crippen molar-refractivity contribution in [1.82, 2.24) is 0 Å². The molecular weight excluding hydrogens is 506 g/mol. The van der Waals surface area contributed by atoms with Gasteiger partial charge in [0.25, 0.3) is 16.0 Å². The summed E-state index contributed by atoms with van der Waals surface area (Å²) >= 11 is 0. The molecule has 2 aromatic carbocycles. The SMILES string of the molecule is CC(C)=CCC/C(C)=C/CC[C@]1(C)Oc2c(c(O)cc3c2CN(c2ccc(S(=O)(=O)O)cc2)C3=O)C[C@@H]1O. The van der Waals surface area contributed by atoms with E-state index >= 15 is 0 Å². The van der Waals surface area contributed by atoms with Crippen molar-refractivity contribution in [3.8, 4) is 11.5 Å². The number of fused-ring (bicyclic) bond motifs is 3. The van der Waals surface area contributed by atoms with Gasteiger partial charge in [0, 0.05) is 23.2 Å². The van der Waals surface area contributed by atoms with E-state index in [-0.39, 0.29) is 29.5 Å². The average Bonchev–Trinajstić information content (AvgIpc) is 3.16. The number of carbonyl (C=O) groups is 1. The van der Waals surface area contributed by atoms with Gasteiger partial charge in [0.1, 0.15) is 17.1 Å². The number of amides is 1. The summed E-state index contributed by atoms with van der Waals surface area (Å²) in [5.41, 5.74) is 3.50. The van der Waals surface area contributed by atoms with E-state index < -0.39 is 21.8 Å². The van der Waals surface area contributed by atoms with Crippen LogP contribution in [0, 0.1) is 0 Å². The van der Waals surface area contributed by atoms with E-state index in [1.165, 1.54) is 46.4 Å². The second-order valence-electron chi connectivity index (χ2n) is 10.6. The number of hydrogen-bond donors (Lipinski definition) is 3. The molecule has 0 saturated heterocycles. The molecule has 3 N–H and O–H groups in total. The van der Waals surface area contributed by atoms with Crippen molar-refractivity contribution in [2.24, 2.45) is 0 Å². The van der Waals surface area contributed by atoms with Crippen molar-refractivity contribution < 1.29 is 32.7 Å². The number of nitrogens with zero attached hydrogens (tertiary/aromatic N) is 1. The number of aromatic hydroxyl groups is 1. The summed E-state index contributed by atoms with van der Waals surface area (Å²) in [6.45, 7) is 8.28. The van der Waals surface area contributed by atoms with Crippen LogP contribution in [-0.4, -0.2) is 40.8 Å². The van der Waals surface area contributed by atoms with Crippen molar-refractivity contribution in [1.29, 1.82) is 0 Å². The van der Waals surface area contributed by atoms with Crippen LogP contribution in [0.3, 0.4) is 0 Å². The molecular formula is C29H35NO7S. The number of phenols is 1. The summed E-state index contributed by atoms with van der Waals surface area (Å²) < 4.78 is 38.4. The third-order valence-electron chi connectivity index (χ3n) is 7.36. The zero-order valence-electron chi connectivity index (χ0n) is 22.2. The Morgan fingerprint density at radius 3 is 2.45 bits per heavy atom. The molecule has 2 aliphatic rings. The van der Waals surface area contributed by atoms with Crippen LogP contribution < -0.4 is 9.64 Å². The van der Waals surface area contributed by atoms with Crippen LogP contribution in [0.2, 0.25) is 0 Å². The first-order valence-electron chi connectivity index (χ1n) is 12.7. The molecule has 2 aliphatic heterocycles. The van der Waals surface area contributed by atoms with E-state index in [9.17, 15) is 28.0 Å². The predicted octanol–water partition coefficient (Wildman–Crippen LogP) is 5.33. The number of aliphatic hydroxyl groups is 1. The minimum atomic E-state index is -4.35. The van der Waals surface area contributed by atoms with E-state index in [0.717, 1.165) is 19.3 Å². The largest absolute Gasteiger partial charge is 0.508 e. The third-order valence-corrected chi connectivity index (χ3v) is 8.23. The first-order valence-corrected chi connectivity index (χ1v) is 14.2. The van der Waals surface area contributed by atoms with Gasteiger partial charge in [-0.05, 0) is 83.7 Å². The molecule has 204 valence electrons. The molecule has 4 rings (SSSR count). The molecule has 8 nitrogen and oxygen atoms in total. The first kappa shape index (κ1) is 27.9. The molecule has 0 radical (unpaired) electrons. The van der Waals surface area contributed by atoms with Crippen molar-refractivity contribution in [2.45, 2.75) is 82.9 Å². The predicted molar refractivity (Wildman–Crippen MR) is 145 cm³/mol. The first-order chi connectivity index (χ1) is 17.8. The summed E-state index contributed by atoms with van der Waals surface area (Å²) in [5.74, 6) is -0.0432. The zero-order valence-corrected chi connectivity index (χ0v) is 23.0. The highest BCUT2D eigenvalue weighted by Crippen LogP contribution is 2.47. The van der Waals surface area contributed by atoms with Crippen LogP contribution in [0.4, 0.5) is 5.69 Å². The second-order valence-corrected chi connectivity index (χ2v) is 12.1. The highest BCUT2D eigenvalue weighted by atomic mass is 32.2. The lowest BCUT2D eigenvalue weighted by molar-refractivity contribution is -0.0597. The molecule has 0 fully saturated rings. The van der Waals surface area contributed by atoms with E-state index in [4.69, 9.17) is 4.74 Å². The number of rotatable bonds is 8. The number of phenolic OH excluding ortho intramolecular Hbond substituents is 1. The average molecular weight is 542 g/mol. The van der Waals surface area contributed by atoms with E-state index in [2.05, 4.69) is 32.9 Å². The molecule has 1 amide bonds. The summed E-state index contributed by atoms with van der Waals surface area (Å²) in [7, 11) is -4.35. The summed E-state index contributed by atoms with van der Waals surface area (Å²) in [6.07, 6.45) is 6.99. The van der Waals surface area contributed by atoms with Crippen molar-refractivity contribution >= 4 is 21.7 Å². The van der Waals surface area contributed by atoms with Gasteiger partial charge in [-0.1, -0.05) is 23.3 Å². The number of benzene rings is 2. The summed E-state index contributed by atoms with van der Waals surface area (Å²) in [5, 5.41) is 21.7. The summed E-state index contributed by atoms with van der Waals surface area (Å²) in [4.78, 5) is 14.4. The normalized spacial score (nSPS) is 21.1. The molecule has 38 heavy (non-hydrogen) atoms. The number of ether oxygens (including phenoxy) is 1. The fourth-order valence-corrected chi connectivity index (χ4v) is 5.49. The van der Waals surface area contributed by atoms with Gasteiger partial charge in [-0.15, -0.1) is 0 Å². The molecule has 9 heteroatoms. The standard InChI is InChI=1S/C29H35NO7S/c1-18(2)7-5-8-19(3)9-6-14-29(4)26(32)16-23-25(31)15-22-24(27(23)37-29)17-30(28(22)33)20-10-12-21(13-11-20)38(34,35)36/h7,9-13,15,26,31-32H,5-6,8,14,16-17H2,1-4H3,(H,34,35,36)/b19-9+/t26-,29-/m0/s1. The Bertz CT molecular complexity index is 1410. The van der Waals surface area contributed by atoms with Gasteiger partial charge in [-0.2, -0.15) is 8.42 Å². The molecule has 0 aromatic heterocycles. The van der Waals surface area contributed by atoms with Crippen LogP contribution in [0.25, 0.3) is 0 Å². The zero-order chi connectivity index (χ0) is 27.8. The van der Waals surface area contributed by atoms with Crippen LogP contribution in [0.15, 0.2) is 58.5 Å². The van der Waals surface area contributed by atoms with E-state index in [1.54, 1.807) is 0 Å². The van der Waals surface area contributed by atoms with Crippen molar-refractivity contribution in [3.63, 3.8) is 0 Å². The highest BCUT2D eigenvalue weighted by Gasteiger charge is 2.44. The Morgan fingerprint density at radius 2 is 1.82 bits per heavy atom. The maximum Gasteiger partial charge on any atom is 0.294 e. The van der Waals surface area contributed by atoms with Gasteiger partial charge in [0.15, 0.2) is 0 Å². The van der Waals surface area contributed by atoms with Crippen molar-refractivity contribution in [2.75, 3.05) is 4.90 Å². The summed E-state index contributed by atoms with van der Waals surface area (Å²) in [6, 6.07) is 6.75. The molecule has 0 bridgehead atoms. The van der Waals surface area contributed by atoms with Gasteiger partial charge in [-0.3, -0.25) is 9.35 Å². The van der Waals surface area contributed by atoms with Crippen LogP contribution in [-0.2, 0) is 23.1 Å². The van der Waals surface area contributed by atoms with Gasteiger partial charge in [0.05, 0.1) is 23.1 Å². The molecule has 0 aliphatic carbocycles. The molecule has 2 aromatic rings. The van der Waals surface area contributed by atoms with Crippen LogP contribution in [0.1, 0.15) is 74.9 Å². The Hall–Kier alpha value is -3.14. The highest BCUT2D eigenvalue weighted by molar-refractivity contribution is 7.85. The molecule has 2 atom stereocenters. The Kier molecular flexibility index (Phi) is 7.74. The Labute approximate surface area is 224 Å². The lowest BCUT2D eigenvalue weighted by atomic mass is 9.84. The fourth-order valence-electron chi connectivity index (χ4n) is 5.01. The number of aliphatic hydroxyl groups excluding tert-OH is 1. The third kappa shape index (κ3) is 5.65. The number of allylic oxidation sites excluding steroid dienone is 4. The van der Waals surface area contributed by atoms with Crippen molar-refractivity contribution in [3.05, 3.63) is 70.3 Å². The minimum Gasteiger partial charge on any atom is -0.508 e. The van der Waals surface area contributed by atoms with Crippen LogP contribution >= 0.6 is 0 Å². The van der Waals surface area contributed by atoms with Gasteiger partial charge >= 0.3 is 0 Å². The lowest BCUT2D eigenvalue weighted by Gasteiger charge is -2.40. The van der Waals surface area contributed by atoms with Gasteiger partial charge in [-0.25, -0.2) is 0 Å². The maximum atomic E-state index is 13.2. The number of hydrogen-bond acceptors (Lipinski definition) is 6. The topological polar surface area (TPSA) is 124 Å². The minimum absolute atomic E-state index is 0.105. The second kappa shape index (κ2) is 10.6. The monoisotopic (exact) mass is 541 g/mol.